The van der Waals surface area contributed by atoms with Crippen molar-refractivity contribution in [1.82, 2.24) is 4.98 Å². The van der Waals surface area contributed by atoms with E-state index in [-0.39, 0.29) is 18.1 Å². The molecule has 0 spiro atoms. The number of H-pyrrole nitrogens is 1. The average Bonchev–Trinajstić information content (AvgIpc) is 2.87. The summed E-state index contributed by atoms with van der Waals surface area (Å²) in [5.41, 5.74) is 3.99. The summed E-state index contributed by atoms with van der Waals surface area (Å²) in [6, 6.07) is 13.4. The van der Waals surface area contributed by atoms with Crippen LogP contribution < -0.4 is 5.32 Å². The Kier molecular flexibility index (Phi) is 4.29. The number of anilines is 1. The minimum absolute atomic E-state index is 0.0382. The molecule has 6 nitrogen and oxygen atoms in total. The molecule has 3 rings (SSSR count). The van der Waals surface area contributed by atoms with Crippen molar-refractivity contribution in [2.24, 2.45) is 10.2 Å². The van der Waals surface area contributed by atoms with Gasteiger partial charge in [0.25, 0.3) is 5.91 Å². The summed E-state index contributed by atoms with van der Waals surface area (Å²) in [4.78, 5) is 14.7. The Bertz CT molecular complexity index is 928. The SMILES string of the molecule is Cc1ccc2[nH]c(O)c(N=NC(=O)CNc3ccccc3C)c2c1. The Morgan fingerprint density at radius 2 is 2.00 bits per heavy atom. The first-order valence-electron chi connectivity index (χ1n) is 7.60. The fraction of sp³-hybridized carbons (Fsp3) is 0.167. The van der Waals surface area contributed by atoms with E-state index in [1.807, 2.05) is 56.3 Å². The van der Waals surface area contributed by atoms with Crippen LogP contribution in [0, 0.1) is 13.8 Å². The first-order valence-corrected chi connectivity index (χ1v) is 7.60. The molecule has 6 heteroatoms. The molecular formula is C18H18N4O2. The van der Waals surface area contributed by atoms with Crippen molar-refractivity contribution in [2.75, 3.05) is 11.9 Å². The first kappa shape index (κ1) is 15.7. The van der Waals surface area contributed by atoms with Gasteiger partial charge in [-0.25, -0.2) is 0 Å². The molecular weight excluding hydrogens is 304 g/mol. The van der Waals surface area contributed by atoms with E-state index in [0.717, 1.165) is 27.7 Å². The molecule has 0 fully saturated rings. The lowest BCUT2D eigenvalue weighted by molar-refractivity contribution is -0.116. The number of carbonyl (C=O) groups is 1. The Balaban J connectivity index is 1.74. The molecule has 1 amide bonds. The zero-order valence-electron chi connectivity index (χ0n) is 13.5. The van der Waals surface area contributed by atoms with Gasteiger partial charge in [-0.2, -0.15) is 0 Å². The second kappa shape index (κ2) is 6.54. The van der Waals surface area contributed by atoms with Crippen molar-refractivity contribution in [3.8, 4) is 5.88 Å². The van der Waals surface area contributed by atoms with Crippen molar-refractivity contribution >= 4 is 28.2 Å². The van der Waals surface area contributed by atoms with Crippen LogP contribution in [0.3, 0.4) is 0 Å². The summed E-state index contributed by atoms with van der Waals surface area (Å²) in [7, 11) is 0. The number of aromatic nitrogens is 1. The lowest BCUT2D eigenvalue weighted by Gasteiger charge is -2.06. The average molecular weight is 322 g/mol. The normalized spacial score (nSPS) is 11.2. The number of carbonyl (C=O) groups excluding carboxylic acids is 1. The third-order valence-electron chi connectivity index (χ3n) is 3.74. The minimum Gasteiger partial charge on any atom is -0.493 e. The molecule has 3 N–H and O–H groups in total. The van der Waals surface area contributed by atoms with Crippen molar-refractivity contribution in [1.29, 1.82) is 0 Å². The predicted octanol–water partition coefficient (Wildman–Crippen LogP) is 4.21. The van der Waals surface area contributed by atoms with Crippen LogP contribution in [-0.2, 0) is 4.79 Å². The summed E-state index contributed by atoms with van der Waals surface area (Å²) in [6.45, 7) is 3.94. The molecule has 0 saturated heterocycles. The molecule has 2 aromatic carbocycles. The lowest BCUT2D eigenvalue weighted by Crippen LogP contribution is -2.11. The number of fused-ring (bicyclic) bond motifs is 1. The number of aromatic amines is 1. The van der Waals surface area contributed by atoms with Crippen LogP contribution in [-0.4, -0.2) is 22.5 Å². The maximum Gasteiger partial charge on any atom is 0.283 e. The maximum absolute atomic E-state index is 11.9. The number of nitrogens with zero attached hydrogens (tertiary/aromatic N) is 2. The Morgan fingerprint density at radius 3 is 2.79 bits per heavy atom. The van der Waals surface area contributed by atoms with Gasteiger partial charge in [0.1, 0.15) is 0 Å². The quantitative estimate of drug-likeness (QED) is 0.628. The van der Waals surface area contributed by atoms with Gasteiger partial charge < -0.3 is 15.4 Å². The molecule has 3 aromatic rings. The van der Waals surface area contributed by atoms with Gasteiger partial charge in [-0.15, -0.1) is 10.2 Å². The molecule has 1 heterocycles. The molecule has 1 aromatic heterocycles. The number of hydrogen-bond donors (Lipinski definition) is 3. The van der Waals surface area contributed by atoms with Crippen molar-refractivity contribution in [2.45, 2.75) is 13.8 Å². The molecule has 122 valence electrons. The Morgan fingerprint density at radius 1 is 1.21 bits per heavy atom. The maximum atomic E-state index is 11.9. The molecule has 0 bridgehead atoms. The van der Waals surface area contributed by atoms with Crippen molar-refractivity contribution in [3.63, 3.8) is 0 Å². The summed E-state index contributed by atoms with van der Waals surface area (Å²) < 4.78 is 0. The highest BCUT2D eigenvalue weighted by Gasteiger charge is 2.11. The van der Waals surface area contributed by atoms with Crippen molar-refractivity contribution in [3.05, 3.63) is 53.6 Å². The van der Waals surface area contributed by atoms with Crippen LogP contribution in [0.2, 0.25) is 0 Å². The molecule has 0 atom stereocenters. The Labute approximate surface area is 139 Å². The number of azo groups is 1. The number of benzene rings is 2. The highest BCUT2D eigenvalue weighted by molar-refractivity contribution is 5.95. The lowest BCUT2D eigenvalue weighted by atomic mass is 10.2. The second-order valence-corrected chi connectivity index (χ2v) is 5.63. The number of para-hydroxylation sites is 1. The predicted molar refractivity (Wildman–Crippen MR) is 93.9 cm³/mol. The van der Waals surface area contributed by atoms with Gasteiger partial charge in [0, 0.05) is 11.1 Å². The van der Waals surface area contributed by atoms with Gasteiger partial charge in [0.15, 0.2) is 5.69 Å². The molecule has 0 aliphatic heterocycles. The van der Waals surface area contributed by atoms with E-state index in [1.54, 1.807) is 0 Å². The molecule has 0 saturated carbocycles. The number of hydrogen-bond acceptors (Lipinski definition) is 4. The highest BCUT2D eigenvalue weighted by atomic mass is 16.3. The largest absolute Gasteiger partial charge is 0.493 e. The number of amides is 1. The van der Waals surface area contributed by atoms with E-state index in [4.69, 9.17) is 0 Å². The van der Waals surface area contributed by atoms with Crippen LogP contribution in [0.15, 0.2) is 52.7 Å². The molecule has 0 aliphatic carbocycles. The number of nitrogens with one attached hydrogen (secondary N) is 2. The third kappa shape index (κ3) is 3.27. The zero-order valence-corrected chi connectivity index (χ0v) is 13.5. The highest BCUT2D eigenvalue weighted by Crippen LogP contribution is 2.35. The molecule has 0 aliphatic rings. The van der Waals surface area contributed by atoms with E-state index in [0.29, 0.717) is 0 Å². The summed E-state index contributed by atoms with van der Waals surface area (Å²) in [5.74, 6) is -0.515. The summed E-state index contributed by atoms with van der Waals surface area (Å²) in [6.07, 6.45) is 0. The minimum atomic E-state index is -0.417. The van der Waals surface area contributed by atoms with Crippen LogP contribution >= 0.6 is 0 Å². The molecule has 24 heavy (non-hydrogen) atoms. The fourth-order valence-corrected chi connectivity index (χ4v) is 2.46. The number of aromatic hydroxyl groups is 1. The fourth-order valence-electron chi connectivity index (χ4n) is 2.46. The smallest absolute Gasteiger partial charge is 0.283 e. The van der Waals surface area contributed by atoms with E-state index in [9.17, 15) is 9.90 Å². The summed E-state index contributed by atoms with van der Waals surface area (Å²) in [5, 5.41) is 21.3. The van der Waals surface area contributed by atoms with Gasteiger partial charge in [0.2, 0.25) is 5.88 Å². The van der Waals surface area contributed by atoms with Gasteiger partial charge >= 0.3 is 0 Å². The monoisotopic (exact) mass is 322 g/mol. The standard InChI is InChI=1S/C18H18N4O2/c1-11-7-8-15-13(9-11)17(18(24)20-15)22-21-16(23)10-19-14-6-4-3-5-12(14)2/h3-9,19-20,24H,10H2,1-2H3. The van der Waals surface area contributed by atoms with Gasteiger partial charge in [-0.05, 0) is 37.6 Å². The van der Waals surface area contributed by atoms with E-state index in [2.05, 4.69) is 20.5 Å². The van der Waals surface area contributed by atoms with Gasteiger partial charge in [-0.1, -0.05) is 29.8 Å². The summed E-state index contributed by atoms with van der Waals surface area (Å²) >= 11 is 0. The zero-order chi connectivity index (χ0) is 17.1. The van der Waals surface area contributed by atoms with Gasteiger partial charge in [-0.3, -0.25) is 4.79 Å². The molecule has 0 radical (unpaired) electrons. The van der Waals surface area contributed by atoms with Crippen LogP contribution in [0.4, 0.5) is 11.4 Å². The van der Waals surface area contributed by atoms with E-state index >= 15 is 0 Å². The topological polar surface area (TPSA) is 89.8 Å². The third-order valence-corrected chi connectivity index (χ3v) is 3.74. The molecule has 0 unspecified atom stereocenters. The first-order chi connectivity index (χ1) is 11.5. The van der Waals surface area contributed by atoms with Crippen LogP contribution in [0.1, 0.15) is 11.1 Å². The Hall–Kier alpha value is -3.15. The van der Waals surface area contributed by atoms with Crippen molar-refractivity contribution < 1.29 is 9.90 Å². The van der Waals surface area contributed by atoms with E-state index in [1.165, 1.54) is 0 Å². The second-order valence-electron chi connectivity index (χ2n) is 5.63. The van der Waals surface area contributed by atoms with Crippen LogP contribution in [0.25, 0.3) is 10.9 Å². The van der Waals surface area contributed by atoms with E-state index < -0.39 is 5.91 Å². The van der Waals surface area contributed by atoms with Gasteiger partial charge in [0.05, 0.1) is 12.1 Å². The number of rotatable bonds is 4. The number of aryl methyl sites for hydroxylation is 2. The van der Waals surface area contributed by atoms with Crippen LogP contribution in [0.5, 0.6) is 5.88 Å².